The number of fused-ring (bicyclic) bond motifs is 1. The molecule has 1 aliphatic heterocycles. The Morgan fingerprint density at radius 1 is 1.24 bits per heavy atom. The Morgan fingerprint density at radius 3 is 2.44 bits per heavy atom. The van der Waals surface area contributed by atoms with Gasteiger partial charge in [0.2, 0.25) is 0 Å². The highest BCUT2D eigenvalue weighted by Crippen LogP contribution is 2.47. The number of benzene rings is 2. The zero-order valence-electron chi connectivity index (χ0n) is 19.5. The molecule has 2 aromatic carbocycles. The maximum atomic E-state index is 12.6. The zero-order chi connectivity index (χ0) is 25.0. The van der Waals surface area contributed by atoms with Crippen molar-refractivity contribution in [3.63, 3.8) is 0 Å². The van der Waals surface area contributed by atoms with E-state index in [1.165, 1.54) is 24.5 Å². The first-order valence-corrected chi connectivity index (χ1v) is 10.8. The van der Waals surface area contributed by atoms with Crippen LogP contribution in [-0.2, 0) is 13.0 Å². The molecular weight excluding hydrogens is 443 g/mol. The minimum Gasteiger partial charge on any atom is -0.406 e. The van der Waals surface area contributed by atoms with Crippen LogP contribution in [0.1, 0.15) is 18.1 Å². The van der Waals surface area contributed by atoms with E-state index in [2.05, 4.69) is 32.5 Å². The number of nitrogens with one attached hydrogen (secondary N) is 2. The fourth-order valence-electron chi connectivity index (χ4n) is 4.14. The van der Waals surface area contributed by atoms with Gasteiger partial charge in [0.05, 0.1) is 18.0 Å². The fourth-order valence-corrected chi connectivity index (χ4v) is 4.14. The number of hydrogen-bond acceptors (Lipinski definition) is 6. The van der Waals surface area contributed by atoms with Crippen molar-refractivity contribution in [2.45, 2.75) is 32.3 Å². The summed E-state index contributed by atoms with van der Waals surface area (Å²) in [6, 6.07) is 8.05. The normalized spacial score (nSPS) is 14.7. The second kappa shape index (κ2) is 10.2. The monoisotopic (exact) mass is 473 g/mol. The van der Waals surface area contributed by atoms with Gasteiger partial charge in [-0.2, -0.15) is 0 Å². The Hall–Kier alpha value is -3.46. The molecule has 0 aliphatic carbocycles. The summed E-state index contributed by atoms with van der Waals surface area (Å²) in [6.45, 7) is 7.02. The van der Waals surface area contributed by atoms with Gasteiger partial charge in [0.1, 0.15) is 5.75 Å². The van der Waals surface area contributed by atoms with E-state index in [4.69, 9.17) is 11.1 Å². The molecule has 9 heteroatoms. The molecule has 0 saturated heterocycles. The van der Waals surface area contributed by atoms with Gasteiger partial charge in [0.25, 0.3) is 0 Å². The molecule has 34 heavy (non-hydrogen) atoms. The third-order valence-corrected chi connectivity index (χ3v) is 5.81. The molecule has 4 N–H and O–H groups in total. The van der Waals surface area contributed by atoms with Crippen molar-refractivity contribution in [1.82, 2.24) is 5.32 Å². The topological polar surface area (TPSA) is 77.6 Å². The Kier molecular flexibility index (Phi) is 7.56. The number of nitrogens with zero attached hydrogens (tertiary/aromatic N) is 2. The molecule has 0 amide bonds. The Morgan fingerprint density at radius 2 is 1.88 bits per heavy atom. The summed E-state index contributed by atoms with van der Waals surface area (Å²) in [5.74, 6) is -0.264. The summed E-state index contributed by atoms with van der Waals surface area (Å²) >= 11 is 0. The SMILES string of the molecule is C=CC(C)NCc1cc(-c2ccc(OC(F)(F)F)cc2)c2c(c1C/C(C=N)=C/N)N(C)CN2C. The number of halogens is 3. The lowest BCUT2D eigenvalue weighted by atomic mass is 9.91. The number of nitrogens with two attached hydrogens (primary N) is 1. The molecule has 1 unspecified atom stereocenters. The minimum atomic E-state index is -4.74. The van der Waals surface area contributed by atoms with Crippen molar-refractivity contribution in [1.29, 1.82) is 5.41 Å². The molecular formula is C25H30F3N5O. The van der Waals surface area contributed by atoms with Gasteiger partial charge in [-0.1, -0.05) is 18.2 Å². The highest BCUT2D eigenvalue weighted by Gasteiger charge is 2.32. The van der Waals surface area contributed by atoms with Gasteiger partial charge in [0.15, 0.2) is 0 Å². The first-order chi connectivity index (χ1) is 16.1. The number of ether oxygens (including phenoxy) is 1. The zero-order valence-corrected chi connectivity index (χ0v) is 19.5. The van der Waals surface area contributed by atoms with Crippen molar-refractivity contribution >= 4 is 17.6 Å². The van der Waals surface area contributed by atoms with Gasteiger partial charge < -0.3 is 31.0 Å². The first-order valence-electron chi connectivity index (χ1n) is 10.8. The van der Waals surface area contributed by atoms with Crippen molar-refractivity contribution in [3.8, 4) is 16.9 Å². The van der Waals surface area contributed by atoms with Crippen LogP contribution in [0, 0.1) is 5.41 Å². The molecule has 0 bridgehead atoms. The minimum absolute atomic E-state index is 0.0796. The molecule has 3 rings (SSSR count). The van der Waals surface area contributed by atoms with Gasteiger partial charge in [-0.3, -0.25) is 0 Å². The third kappa shape index (κ3) is 5.53. The molecule has 0 aromatic heterocycles. The third-order valence-electron chi connectivity index (χ3n) is 5.81. The quantitative estimate of drug-likeness (QED) is 0.360. The van der Waals surface area contributed by atoms with Crippen LogP contribution in [0.3, 0.4) is 0 Å². The molecule has 0 fully saturated rings. The Labute approximate surface area is 198 Å². The summed E-state index contributed by atoms with van der Waals surface area (Å²) in [7, 11) is 3.97. The Balaban J connectivity index is 2.16. The second-order valence-corrected chi connectivity index (χ2v) is 8.34. The molecule has 0 radical (unpaired) electrons. The molecule has 1 atom stereocenters. The van der Waals surface area contributed by atoms with E-state index in [0.29, 0.717) is 25.2 Å². The van der Waals surface area contributed by atoms with Crippen LogP contribution in [0.15, 0.2) is 54.8 Å². The van der Waals surface area contributed by atoms with Gasteiger partial charge in [0, 0.05) is 44.9 Å². The number of allylic oxidation sites excluding steroid dienone is 1. The molecule has 0 spiro atoms. The predicted octanol–water partition coefficient (Wildman–Crippen LogP) is 4.79. The molecule has 6 nitrogen and oxygen atoms in total. The highest BCUT2D eigenvalue weighted by atomic mass is 19.4. The molecule has 0 saturated carbocycles. The van der Waals surface area contributed by atoms with E-state index in [0.717, 1.165) is 33.6 Å². The standard InChI is InChI=1S/C25H30F3N5O/c1-5-16(2)31-14-19-11-22(18-6-8-20(9-7-18)34-25(26,27)28)24-23(32(3)15-33(24)4)21(19)10-17(12-29)13-30/h5-9,11-13,16,29,31H,1,10,14-15,30H2,2-4H3/b17-13-,29-12?. The summed E-state index contributed by atoms with van der Waals surface area (Å²) in [5.41, 5.74) is 12.2. The van der Waals surface area contributed by atoms with Crippen LogP contribution < -0.4 is 25.6 Å². The van der Waals surface area contributed by atoms with E-state index >= 15 is 0 Å². The number of rotatable bonds is 9. The Bertz CT molecular complexity index is 1080. The smallest absolute Gasteiger partial charge is 0.406 e. The molecule has 1 heterocycles. The summed E-state index contributed by atoms with van der Waals surface area (Å²) in [6.07, 6.45) is 0.253. The van der Waals surface area contributed by atoms with Crippen LogP contribution >= 0.6 is 0 Å². The number of anilines is 2. The maximum Gasteiger partial charge on any atom is 0.573 e. The van der Waals surface area contributed by atoms with Crippen LogP contribution in [0.25, 0.3) is 11.1 Å². The van der Waals surface area contributed by atoms with E-state index in [9.17, 15) is 13.2 Å². The second-order valence-electron chi connectivity index (χ2n) is 8.34. The van der Waals surface area contributed by atoms with Crippen molar-refractivity contribution in [2.75, 3.05) is 30.6 Å². The largest absolute Gasteiger partial charge is 0.573 e. The molecule has 182 valence electrons. The number of hydrogen-bond donors (Lipinski definition) is 3. The first kappa shape index (κ1) is 25.2. The van der Waals surface area contributed by atoms with Crippen molar-refractivity contribution in [3.05, 3.63) is 65.9 Å². The van der Waals surface area contributed by atoms with Crippen LogP contribution in [0.5, 0.6) is 5.75 Å². The molecule has 2 aromatic rings. The number of alkyl halides is 3. The average Bonchev–Trinajstić information content (AvgIpc) is 3.09. The lowest BCUT2D eigenvalue weighted by molar-refractivity contribution is -0.274. The van der Waals surface area contributed by atoms with Crippen molar-refractivity contribution < 1.29 is 17.9 Å². The van der Waals surface area contributed by atoms with E-state index in [-0.39, 0.29) is 11.8 Å². The van der Waals surface area contributed by atoms with Gasteiger partial charge in [-0.25, -0.2) is 0 Å². The summed E-state index contributed by atoms with van der Waals surface area (Å²) in [5, 5.41) is 11.1. The predicted molar refractivity (Wildman–Crippen MR) is 131 cm³/mol. The van der Waals surface area contributed by atoms with Gasteiger partial charge >= 0.3 is 6.36 Å². The lowest BCUT2D eigenvalue weighted by Gasteiger charge is -2.23. The van der Waals surface area contributed by atoms with E-state index in [1.807, 2.05) is 27.1 Å². The summed E-state index contributed by atoms with van der Waals surface area (Å²) < 4.78 is 41.8. The van der Waals surface area contributed by atoms with Crippen molar-refractivity contribution in [2.24, 2.45) is 5.73 Å². The van der Waals surface area contributed by atoms with E-state index < -0.39 is 6.36 Å². The lowest BCUT2D eigenvalue weighted by Crippen LogP contribution is -2.25. The van der Waals surface area contributed by atoms with Gasteiger partial charge in [-0.15, -0.1) is 19.8 Å². The van der Waals surface area contributed by atoms with Crippen LogP contribution in [0.4, 0.5) is 24.5 Å². The fraction of sp³-hybridized carbons (Fsp3) is 0.320. The van der Waals surface area contributed by atoms with Gasteiger partial charge in [-0.05, 0) is 53.6 Å². The molecule has 1 aliphatic rings. The summed E-state index contributed by atoms with van der Waals surface area (Å²) in [4.78, 5) is 4.24. The van der Waals surface area contributed by atoms with Crippen LogP contribution in [0.2, 0.25) is 0 Å². The average molecular weight is 474 g/mol. The van der Waals surface area contributed by atoms with Crippen LogP contribution in [-0.4, -0.2) is 39.4 Å². The van der Waals surface area contributed by atoms with E-state index in [1.54, 1.807) is 12.1 Å². The maximum absolute atomic E-state index is 12.6. The highest BCUT2D eigenvalue weighted by molar-refractivity contribution is 5.94.